The first kappa shape index (κ1) is 22.3. The van der Waals surface area contributed by atoms with E-state index in [-0.39, 0.29) is 0 Å². The number of hydrogen-bond acceptors (Lipinski definition) is 6. The zero-order valence-electron chi connectivity index (χ0n) is 16.9. The zero-order chi connectivity index (χ0) is 20.8. The normalized spacial score (nSPS) is 12.6. The van der Waals surface area contributed by atoms with Crippen LogP contribution in [0.25, 0.3) is 0 Å². The Bertz CT molecular complexity index is 661. The molecule has 8 nitrogen and oxygen atoms in total. The second-order valence-corrected chi connectivity index (χ2v) is 7.80. The maximum absolute atomic E-state index is 12.7. The van der Waals surface area contributed by atoms with E-state index in [0.29, 0.717) is 5.56 Å². The minimum absolute atomic E-state index is 0.436. The lowest BCUT2D eigenvalue weighted by molar-refractivity contribution is -0.148. The molecule has 0 fully saturated rings. The summed E-state index contributed by atoms with van der Waals surface area (Å²) in [5.74, 6) is -0.747. The standard InChI is InChI=1S/C19H28N2O6/c1-18(2,3)26-16(23)20-21(17(24)27-19(4,5)6)14(15(22)25-7)13-11-9-8-10-12-13/h8-12,14H,1-7H3,(H,20,23)/t14-/m0/s1. The molecule has 150 valence electrons. The lowest BCUT2D eigenvalue weighted by Crippen LogP contribution is -2.53. The highest BCUT2D eigenvalue weighted by Crippen LogP contribution is 2.23. The van der Waals surface area contributed by atoms with Crippen molar-refractivity contribution in [2.75, 3.05) is 7.11 Å². The highest BCUT2D eigenvalue weighted by Gasteiger charge is 2.37. The molecule has 1 rings (SSSR count). The average Bonchev–Trinajstić information content (AvgIpc) is 2.51. The van der Waals surface area contributed by atoms with E-state index in [2.05, 4.69) is 5.43 Å². The van der Waals surface area contributed by atoms with Crippen LogP contribution in [-0.2, 0) is 19.0 Å². The van der Waals surface area contributed by atoms with Crippen LogP contribution in [0.1, 0.15) is 53.1 Å². The maximum Gasteiger partial charge on any atom is 0.430 e. The van der Waals surface area contributed by atoms with Gasteiger partial charge in [0.05, 0.1) is 7.11 Å². The van der Waals surface area contributed by atoms with Crippen molar-refractivity contribution >= 4 is 18.2 Å². The summed E-state index contributed by atoms with van der Waals surface area (Å²) in [5, 5.41) is 0.778. The Morgan fingerprint density at radius 3 is 1.89 bits per heavy atom. The molecule has 0 saturated heterocycles. The van der Waals surface area contributed by atoms with Crippen LogP contribution in [0.4, 0.5) is 9.59 Å². The molecule has 0 aliphatic rings. The largest absolute Gasteiger partial charge is 0.467 e. The molecule has 0 radical (unpaired) electrons. The van der Waals surface area contributed by atoms with Gasteiger partial charge in [-0.1, -0.05) is 30.3 Å². The van der Waals surface area contributed by atoms with Crippen LogP contribution in [0.2, 0.25) is 0 Å². The van der Waals surface area contributed by atoms with Crippen LogP contribution in [-0.4, -0.2) is 41.5 Å². The van der Waals surface area contributed by atoms with Gasteiger partial charge in [0.15, 0.2) is 6.04 Å². The molecule has 0 aliphatic carbocycles. The highest BCUT2D eigenvalue weighted by atomic mass is 16.6. The Hall–Kier alpha value is -2.77. The summed E-state index contributed by atoms with van der Waals surface area (Å²) in [4.78, 5) is 37.4. The van der Waals surface area contributed by atoms with E-state index >= 15 is 0 Å². The number of benzene rings is 1. The molecule has 0 unspecified atom stereocenters. The van der Waals surface area contributed by atoms with Gasteiger partial charge in [-0.2, -0.15) is 5.01 Å². The number of carbonyl (C=O) groups excluding carboxylic acids is 3. The molecule has 1 aromatic carbocycles. The highest BCUT2D eigenvalue weighted by molar-refractivity contribution is 5.84. The number of methoxy groups -OCH3 is 1. The molecule has 0 bridgehead atoms. The van der Waals surface area contributed by atoms with Crippen molar-refractivity contribution in [2.45, 2.75) is 58.8 Å². The fraction of sp³-hybridized carbons (Fsp3) is 0.526. The van der Waals surface area contributed by atoms with E-state index in [9.17, 15) is 14.4 Å². The predicted molar refractivity (Wildman–Crippen MR) is 98.6 cm³/mol. The maximum atomic E-state index is 12.7. The van der Waals surface area contributed by atoms with Gasteiger partial charge in [0, 0.05) is 0 Å². The van der Waals surface area contributed by atoms with Gasteiger partial charge in [0.25, 0.3) is 0 Å². The SMILES string of the molecule is COC(=O)[C@H](c1ccccc1)N(NC(=O)OC(C)(C)C)C(=O)OC(C)(C)C. The summed E-state index contributed by atoms with van der Waals surface area (Å²) in [5.41, 5.74) is 1.10. The minimum Gasteiger partial charge on any atom is -0.467 e. The first-order valence-corrected chi connectivity index (χ1v) is 8.48. The van der Waals surface area contributed by atoms with Crippen LogP contribution in [0, 0.1) is 0 Å². The van der Waals surface area contributed by atoms with Gasteiger partial charge < -0.3 is 14.2 Å². The third-order valence-electron chi connectivity index (χ3n) is 3.00. The molecule has 0 saturated carbocycles. The van der Waals surface area contributed by atoms with Crippen molar-refractivity contribution < 1.29 is 28.6 Å². The molecular weight excluding hydrogens is 352 g/mol. The molecule has 27 heavy (non-hydrogen) atoms. The summed E-state index contributed by atoms with van der Waals surface area (Å²) < 4.78 is 15.4. The predicted octanol–water partition coefficient (Wildman–Crippen LogP) is 3.58. The Morgan fingerprint density at radius 2 is 1.44 bits per heavy atom. The summed E-state index contributed by atoms with van der Waals surface area (Å²) in [6.45, 7) is 10.1. The van der Waals surface area contributed by atoms with Crippen molar-refractivity contribution in [1.29, 1.82) is 0 Å². The van der Waals surface area contributed by atoms with Crippen molar-refractivity contribution in [2.24, 2.45) is 0 Å². The third kappa shape index (κ3) is 7.55. The molecule has 0 aromatic heterocycles. The van der Waals surface area contributed by atoms with Crippen molar-refractivity contribution in [3.8, 4) is 0 Å². The smallest absolute Gasteiger partial charge is 0.430 e. The number of nitrogens with zero attached hydrogens (tertiary/aromatic N) is 1. The number of nitrogens with one attached hydrogen (secondary N) is 1. The number of amides is 2. The lowest BCUT2D eigenvalue weighted by Gasteiger charge is -2.32. The van der Waals surface area contributed by atoms with E-state index < -0.39 is 35.4 Å². The average molecular weight is 380 g/mol. The van der Waals surface area contributed by atoms with Gasteiger partial charge >= 0.3 is 18.2 Å². The first-order chi connectivity index (χ1) is 12.3. The van der Waals surface area contributed by atoms with E-state index in [1.54, 1.807) is 71.9 Å². The van der Waals surface area contributed by atoms with Crippen LogP contribution < -0.4 is 5.43 Å². The zero-order valence-corrected chi connectivity index (χ0v) is 16.9. The minimum atomic E-state index is -1.25. The number of carbonyl (C=O) groups is 3. The Kier molecular flexibility index (Phi) is 7.21. The van der Waals surface area contributed by atoms with Crippen LogP contribution in [0.5, 0.6) is 0 Å². The second-order valence-electron chi connectivity index (χ2n) is 7.80. The van der Waals surface area contributed by atoms with Gasteiger partial charge in [0.1, 0.15) is 11.2 Å². The Morgan fingerprint density at radius 1 is 0.926 bits per heavy atom. The molecule has 8 heteroatoms. The van der Waals surface area contributed by atoms with Gasteiger partial charge in [-0.3, -0.25) is 0 Å². The van der Waals surface area contributed by atoms with Crippen molar-refractivity contribution in [1.82, 2.24) is 10.4 Å². The van der Waals surface area contributed by atoms with Crippen LogP contribution in [0.15, 0.2) is 30.3 Å². The molecule has 2 amide bonds. The second kappa shape index (κ2) is 8.75. The quantitative estimate of drug-likeness (QED) is 0.489. The first-order valence-electron chi connectivity index (χ1n) is 8.48. The van der Waals surface area contributed by atoms with Crippen LogP contribution in [0.3, 0.4) is 0 Å². The van der Waals surface area contributed by atoms with Crippen molar-refractivity contribution in [3.05, 3.63) is 35.9 Å². The summed E-state index contributed by atoms with van der Waals surface area (Å²) >= 11 is 0. The fourth-order valence-corrected chi connectivity index (χ4v) is 2.06. The molecule has 1 aromatic rings. The monoisotopic (exact) mass is 380 g/mol. The van der Waals surface area contributed by atoms with Gasteiger partial charge in [-0.05, 0) is 47.1 Å². The number of ether oxygens (including phenoxy) is 3. The number of rotatable bonds is 3. The van der Waals surface area contributed by atoms with E-state index in [4.69, 9.17) is 14.2 Å². The molecule has 0 spiro atoms. The van der Waals surface area contributed by atoms with Crippen LogP contribution >= 0.6 is 0 Å². The summed E-state index contributed by atoms with van der Waals surface area (Å²) in [6, 6.07) is 7.18. The lowest BCUT2D eigenvalue weighted by atomic mass is 10.1. The van der Waals surface area contributed by atoms with E-state index in [1.165, 1.54) is 7.11 Å². The summed E-state index contributed by atoms with van der Waals surface area (Å²) in [6.07, 6.45) is -1.83. The molecular formula is C19H28N2O6. The van der Waals surface area contributed by atoms with Gasteiger partial charge in [-0.15, -0.1) is 0 Å². The molecule has 1 N–H and O–H groups in total. The van der Waals surface area contributed by atoms with Crippen molar-refractivity contribution in [3.63, 3.8) is 0 Å². The van der Waals surface area contributed by atoms with E-state index in [1.807, 2.05) is 0 Å². The fourth-order valence-electron chi connectivity index (χ4n) is 2.06. The summed E-state index contributed by atoms with van der Waals surface area (Å²) in [7, 11) is 1.19. The number of hydrazine groups is 1. The molecule has 0 heterocycles. The Balaban J connectivity index is 3.28. The molecule has 0 aliphatic heterocycles. The van der Waals surface area contributed by atoms with E-state index in [0.717, 1.165) is 5.01 Å². The topological polar surface area (TPSA) is 94.2 Å². The molecule has 1 atom stereocenters. The van der Waals surface area contributed by atoms with Gasteiger partial charge in [-0.25, -0.2) is 19.8 Å². The number of esters is 1. The van der Waals surface area contributed by atoms with Gasteiger partial charge in [0.2, 0.25) is 0 Å². The number of hydrogen-bond donors (Lipinski definition) is 1. The third-order valence-corrected chi connectivity index (χ3v) is 3.00. The Labute approximate surface area is 159 Å².